The molecule has 7 heteroatoms. The number of benzene rings is 2. The predicted molar refractivity (Wildman–Crippen MR) is 106 cm³/mol. The molecule has 146 valence electrons. The van der Waals surface area contributed by atoms with Crippen LogP contribution in [0.5, 0.6) is 0 Å². The number of nitro groups is 1. The third-order valence-corrected chi connectivity index (χ3v) is 5.15. The summed E-state index contributed by atoms with van der Waals surface area (Å²) in [7, 11) is 1.84. The van der Waals surface area contributed by atoms with Gasteiger partial charge in [0, 0.05) is 42.0 Å². The van der Waals surface area contributed by atoms with Crippen LogP contribution in [0.15, 0.2) is 48.5 Å². The molecule has 7 nitrogen and oxygen atoms in total. The molecule has 1 saturated carbocycles. The van der Waals surface area contributed by atoms with Gasteiger partial charge in [-0.15, -0.1) is 0 Å². The Labute approximate surface area is 163 Å². The zero-order valence-corrected chi connectivity index (χ0v) is 15.8. The van der Waals surface area contributed by atoms with E-state index in [-0.39, 0.29) is 23.2 Å². The Kier molecular flexibility index (Phi) is 6.03. The van der Waals surface area contributed by atoms with E-state index in [2.05, 4.69) is 5.32 Å². The van der Waals surface area contributed by atoms with Gasteiger partial charge in [0.1, 0.15) is 0 Å². The van der Waals surface area contributed by atoms with Gasteiger partial charge in [-0.25, -0.2) is 0 Å². The molecular weight excluding hydrogens is 358 g/mol. The summed E-state index contributed by atoms with van der Waals surface area (Å²) in [6.07, 6.45) is 5.63. The van der Waals surface area contributed by atoms with E-state index in [1.807, 2.05) is 11.9 Å². The van der Waals surface area contributed by atoms with Crippen molar-refractivity contribution in [1.82, 2.24) is 4.90 Å². The summed E-state index contributed by atoms with van der Waals surface area (Å²) in [6.45, 7) is 0. The molecule has 1 N–H and O–H groups in total. The Morgan fingerprint density at radius 1 is 1.04 bits per heavy atom. The minimum Gasteiger partial charge on any atom is -0.339 e. The second-order valence-corrected chi connectivity index (χ2v) is 7.05. The van der Waals surface area contributed by atoms with Crippen LogP contribution in [0.2, 0.25) is 0 Å². The summed E-state index contributed by atoms with van der Waals surface area (Å²) in [5.41, 5.74) is 1.15. The molecule has 2 amide bonds. The minimum absolute atomic E-state index is 0.0246. The molecular formula is C21H23N3O4. The number of anilines is 1. The average Bonchev–Trinajstić information content (AvgIpc) is 2.74. The van der Waals surface area contributed by atoms with E-state index in [4.69, 9.17) is 0 Å². The molecule has 0 aromatic heterocycles. The molecule has 1 aliphatic carbocycles. The molecule has 0 saturated heterocycles. The number of nitrogens with zero attached hydrogens (tertiary/aromatic N) is 2. The first-order valence-corrected chi connectivity index (χ1v) is 9.39. The molecule has 28 heavy (non-hydrogen) atoms. The quantitative estimate of drug-likeness (QED) is 0.619. The van der Waals surface area contributed by atoms with Crippen LogP contribution in [0.3, 0.4) is 0 Å². The van der Waals surface area contributed by atoms with Crippen molar-refractivity contribution in [3.8, 4) is 0 Å². The van der Waals surface area contributed by atoms with Crippen LogP contribution in [0, 0.1) is 10.1 Å². The Bertz CT molecular complexity index is 873. The molecule has 0 radical (unpaired) electrons. The topological polar surface area (TPSA) is 92.6 Å². The Balaban J connectivity index is 1.65. The van der Waals surface area contributed by atoms with E-state index in [0.29, 0.717) is 11.3 Å². The van der Waals surface area contributed by atoms with E-state index in [9.17, 15) is 19.7 Å². The highest BCUT2D eigenvalue weighted by Gasteiger charge is 2.23. The normalized spacial score (nSPS) is 14.3. The van der Waals surface area contributed by atoms with Crippen LogP contribution in [0.4, 0.5) is 11.4 Å². The lowest BCUT2D eigenvalue weighted by atomic mass is 9.94. The average molecular weight is 381 g/mol. The molecule has 0 bridgehead atoms. The van der Waals surface area contributed by atoms with Crippen molar-refractivity contribution in [3.63, 3.8) is 0 Å². The zero-order valence-electron chi connectivity index (χ0n) is 15.8. The van der Waals surface area contributed by atoms with E-state index in [1.165, 1.54) is 30.7 Å². The SMILES string of the molecule is CN(C(=O)c1ccc(NC(=O)c2cccc([N+](=O)[O-])c2)cc1)C1CCCCC1. The van der Waals surface area contributed by atoms with Crippen LogP contribution < -0.4 is 5.32 Å². The van der Waals surface area contributed by atoms with Crippen LogP contribution in [0.25, 0.3) is 0 Å². The molecule has 2 aromatic rings. The minimum atomic E-state index is -0.542. The lowest BCUT2D eigenvalue weighted by Crippen LogP contribution is -2.38. The summed E-state index contributed by atoms with van der Waals surface area (Å²) in [5, 5.41) is 13.5. The molecule has 3 rings (SSSR count). The summed E-state index contributed by atoms with van der Waals surface area (Å²) in [4.78, 5) is 37.1. The number of carbonyl (C=O) groups is 2. The summed E-state index contributed by atoms with van der Waals surface area (Å²) in [5.74, 6) is -0.467. The molecule has 0 heterocycles. The molecule has 0 atom stereocenters. The highest BCUT2D eigenvalue weighted by atomic mass is 16.6. The second kappa shape index (κ2) is 8.65. The molecule has 2 aromatic carbocycles. The standard InChI is InChI=1S/C21H23N3O4/c1-23(18-7-3-2-4-8-18)21(26)15-10-12-17(13-11-15)22-20(25)16-6-5-9-19(14-16)24(27)28/h5-6,9-14,18H,2-4,7-8H2,1H3,(H,22,25). The largest absolute Gasteiger partial charge is 0.339 e. The third-order valence-electron chi connectivity index (χ3n) is 5.15. The van der Waals surface area contributed by atoms with Gasteiger partial charge in [0.25, 0.3) is 17.5 Å². The van der Waals surface area contributed by atoms with Crippen molar-refractivity contribution >= 4 is 23.2 Å². The lowest BCUT2D eigenvalue weighted by Gasteiger charge is -2.31. The number of non-ortho nitro benzene ring substituents is 1. The lowest BCUT2D eigenvalue weighted by molar-refractivity contribution is -0.384. The zero-order chi connectivity index (χ0) is 20.1. The predicted octanol–water partition coefficient (Wildman–Crippen LogP) is 4.25. The highest BCUT2D eigenvalue weighted by Crippen LogP contribution is 2.23. The fraction of sp³-hybridized carbons (Fsp3) is 0.333. The molecule has 1 aliphatic rings. The van der Waals surface area contributed by atoms with Crippen molar-refractivity contribution in [2.75, 3.05) is 12.4 Å². The van der Waals surface area contributed by atoms with Gasteiger partial charge < -0.3 is 10.2 Å². The highest BCUT2D eigenvalue weighted by molar-refractivity contribution is 6.05. The van der Waals surface area contributed by atoms with E-state index >= 15 is 0 Å². The van der Waals surface area contributed by atoms with Crippen molar-refractivity contribution in [2.24, 2.45) is 0 Å². The monoisotopic (exact) mass is 381 g/mol. The summed E-state index contributed by atoms with van der Waals surface area (Å²) >= 11 is 0. The van der Waals surface area contributed by atoms with Crippen LogP contribution >= 0.6 is 0 Å². The van der Waals surface area contributed by atoms with Crippen molar-refractivity contribution in [2.45, 2.75) is 38.1 Å². The van der Waals surface area contributed by atoms with Gasteiger partial charge in [-0.05, 0) is 43.2 Å². The Hall–Kier alpha value is -3.22. The molecule has 1 fully saturated rings. The maximum atomic E-state index is 12.7. The maximum Gasteiger partial charge on any atom is 0.270 e. The summed E-state index contributed by atoms with van der Waals surface area (Å²) < 4.78 is 0. The van der Waals surface area contributed by atoms with E-state index in [0.717, 1.165) is 25.7 Å². The molecule has 0 aliphatic heterocycles. The number of nitrogens with one attached hydrogen (secondary N) is 1. The first-order valence-electron chi connectivity index (χ1n) is 9.39. The van der Waals surface area contributed by atoms with Gasteiger partial charge in [-0.2, -0.15) is 0 Å². The van der Waals surface area contributed by atoms with Crippen LogP contribution in [-0.4, -0.2) is 34.7 Å². The van der Waals surface area contributed by atoms with E-state index in [1.54, 1.807) is 24.3 Å². The van der Waals surface area contributed by atoms with E-state index < -0.39 is 10.8 Å². The van der Waals surface area contributed by atoms with Gasteiger partial charge in [-0.1, -0.05) is 25.3 Å². The first-order chi connectivity index (χ1) is 13.5. The van der Waals surface area contributed by atoms with Gasteiger partial charge in [0.15, 0.2) is 0 Å². The van der Waals surface area contributed by atoms with Gasteiger partial charge in [-0.3, -0.25) is 19.7 Å². The van der Waals surface area contributed by atoms with Crippen LogP contribution in [-0.2, 0) is 0 Å². The van der Waals surface area contributed by atoms with Crippen molar-refractivity contribution in [3.05, 3.63) is 69.8 Å². The van der Waals surface area contributed by atoms with Crippen molar-refractivity contribution < 1.29 is 14.5 Å². The molecule has 0 unspecified atom stereocenters. The third kappa shape index (κ3) is 4.54. The Morgan fingerprint density at radius 2 is 1.71 bits per heavy atom. The van der Waals surface area contributed by atoms with Crippen molar-refractivity contribution in [1.29, 1.82) is 0 Å². The summed E-state index contributed by atoms with van der Waals surface area (Å²) in [6, 6.07) is 12.5. The fourth-order valence-corrected chi connectivity index (χ4v) is 3.50. The number of amides is 2. The number of nitro benzene ring substituents is 1. The maximum absolute atomic E-state index is 12.7. The number of hydrogen-bond donors (Lipinski definition) is 1. The fourth-order valence-electron chi connectivity index (χ4n) is 3.50. The number of hydrogen-bond acceptors (Lipinski definition) is 4. The Morgan fingerprint density at radius 3 is 2.36 bits per heavy atom. The van der Waals surface area contributed by atoms with Gasteiger partial charge in [0.05, 0.1) is 4.92 Å². The first kappa shape index (κ1) is 19.5. The molecule has 0 spiro atoms. The second-order valence-electron chi connectivity index (χ2n) is 7.05. The van der Waals surface area contributed by atoms with Crippen LogP contribution in [0.1, 0.15) is 52.8 Å². The van der Waals surface area contributed by atoms with Gasteiger partial charge in [0.2, 0.25) is 0 Å². The van der Waals surface area contributed by atoms with Gasteiger partial charge >= 0.3 is 0 Å². The number of rotatable bonds is 5. The number of carbonyl (C=O) groups excluding carboxylic acids is 2. The smallest absolute Gasteiger partial charge is 0.270 e.